The Morgan fingerprint density at radius 2 is 1.78 bits per heavy atom. The van der Waals surface area contributed by atoms with E-state index in [-0.39, 0.29) is 11.9 Å². The summed E-state index contributed by atoms with van der Waals surface area (Å²) >= 11 is 0. The third-order valence-corrected chi connectivity index (χ3v) is 4.85. The summed E-state index contributed by atoms with van der Waals surface area (Å²) in [4.78, 5) is 19.6. The molecule has 0 unspecified atom stereocenters. The number of allylic oxidation sites excluding steroid dienone is 1. The van der Waals surface area contributed by atoms with Crippen molar-refractivity contribution in [1.29, 1.82) is 0 Å². The van der Waals surface area contributed by atoms with Gasteiger partial charge in [-0.05, 0) is 32.4 Å². The lowest BCUT2D eigenvalue weighted by atomic mass is 10.1. The molecule has 0 aromatic heterocycles. The first-order chi connectivity index (χ1) is 11.1. The number of hydrogen-bond donors (Lipinski definition) is 0. The molecule has 4 heteroatoms. The molecule has 1 aromatic carbocycles. The fourth-order valence-corrected chi connectivity index (χ4v) is 3.44. The van der Waals surface area contributed by atoms with Gasteiger partial charge in [0, 0.05) is 45.0 Å². The first-order valence-electron chi connectivity index (χ1n) is 8.61. The number of piperazine rings is 1. The van der Waals surface area contributed by atoms with Crippen molar-refractivity contribution < 1.29 is 4.79 Å². The first-order valence-corrected chi connectivity index (χ1v) is 8.61. The zero-order chi connectivity index (χ0) is 16.2. The van der Waals surface area contributed by atoms with Crippen LogP contribution < -0.4 is 4.90 Å². The molecule has 1 amide bonds. The Balaban J connectivity index is 1.55. The molecule has 2 fully saturated rings. The van der Waals surface area contributed by atoms with E-state index >= 15 is 0 Å². The van der Waals surface area contributed by atoms with Crippen LogP contribution in [0, 0.1) is 0 Å². The van der Waals surface area contributed by atoms with E-state index in [0.717, 1.165) is 51.4 Å². The average Bonchev–Trinajstić information content (AvgIpc) is 2.96. The van der Waals surface area contributed by atoms with E-state index in [2.05, 4.69) is 29.7 Å². The zero-order valence-corrected chi connectivity index (χ0v) is 14.2. The van der Waals surface area contributed by atoms with Gasteiger partial charge in [-0.2, -0.15) is 0 Å². The second kappa shape index (κ2) is 7.28. The first kappa shape index (κ1) is 16.2. The van der Waals surface area contributed by atoms with Crippen LogP contribution in [0.1, 0.15) is 20.3 Å². The van der Waals surface area contributed by atoms with Gasteiger partial charge in [0.2, 0.25) is 5.91 Å². The number of amides is 1. The molecule has 1 aromatic rings. The number of anilines is 1. The summed E-state index contributed by atoms with van der Waals surface area (Å²) in [5.74, 6) is 0.272. The smallest absolute Gasteiger partial charge is 0.244 e. The molecule has 0 N–H and O–H groups in total. The molecule has 124 valence electrons. The van der Waals surface area contributed by atoms with Gasteiger partial charge in [-0.15, -0.1) is 0 Å². The Morgan fingerprint density at radius 1 is 1.09 bits per heavy atom. The normalized spacial score (nSPS) is 23.3. The topological polar surface area (TPSA) is 26.8 Å². The van der Waals surface area contributed by atoms with Crippen LogP contribution in [0.15, 0.2) is 42.0 Å². The molecule has 0 spiro atoms. The second-order valence-corrected chi connectivity index (χ2v) is 6.75. The number of nitrogens with zero attached hydrogens (tertiary/aromatic N) is 3. The maximum Gasteiger partial charge on any atom is 0.244 e. The van der Waals surface area contributed by atoms with Crippen LogP contribution in [-0.4, -0.2) is 61.0 Å². The quantitative estimate of drug-likeness (QED) is 0.799. The van der Waals surface area contributed by atoms with Gasteiger partial charge in [-0.1, -0.05) is 29.8 Å². The van der Waals surface area contributed by atoms with E-state index in [1.54, 1.807) is 0 Å². The van der Waals surface area contributed by atoms with Crippen LogP contribution in [0.5, 0.6) is 0 Å². The third-order valence-electron chi connectivity index (χ3n) is 4.85. The van der Waals surface area contributed by atoms with Crippen LogP contribution in [0.4, 0.5) is 5.69 Å². The predicted octanol–water partition coefficient (Wildman–Crippen LogP) is 2.38. The Labute approximate surface area is 139 Å². The highest BCUT2D eigenvalue weighted by atomic mass is 16.2. The van der Waals surface area contributed by atoms with Crippen LogP contribution in [0.3, 0.4) is 0 Å². The van der Waals surface area contributed by atoms with Crippen molar-refractivity contribution >= 4 is 11.6 Å². The van der Waals surface area contributed by atoms with Gasteiger partial charge in [-0.3, -0.25) is 14.6 Å². The largest absolute Gasteiger partial charge is 0.311 e. The third kappa shape index (κ3) is 3.82. The van der Waals surface area contributed by atoms with E-state index < -0.39 is 0 Å². The van der Waals surface area contributed by atoms with Crippen molar-refractivity contribution in [2.75, 3.05) is 44.2 Å². The summed E-state index contributed by atoms with van der Waals surface area (Å²) in [6, 6.07) is 10.1. The Hall–Kier alpha value is -1.65. The van der Waals surface area contributed by atoms with Crippen molar-refractivity contribution in [1.82, 2.24) is 9.80 Å². The summed E-state index contributed by atoms with van der Waals surface area (Å²) < 4.78 is 0. The molecule has 23 heavy (non-hydrogen) atoms. The number of para-hydroxylation sites is 1. The van der Waals surface area contributed by atoms with Gasteiger partial charge < -0.3 is 4.90 Å². The maximum absolute atomic E-state index is 12.8. The maximum atomic E-state index is 12.8. The van der Waals surface area contributed by atoms with E-state index in [1.807, 2.05) is 35.2 Å². The summed E-state index contributed by atoms with van der Waals surface area (Å²) in [7, 11) is 0. The molecule has 2 aliphatic heterocycles. The van der Waals surface area contributed by atoms with Crippen molar-refractivity contribution in [2.45, 2.75) is 26.3 Å². The van der Waals surface area contributed by atoms with Gasteiger partial charge in [0.25, 0.3) is 0 Å². The highest BCUT2D eigenvalue weighted by Crippen LogP contribution is 2.24. The van der Waals surface area contributed by atoms with E-state index in [1.165, 1.54) is 5.57 Å². The number of benzene rings is 1. The summed E-state index contributed by atoms with van der Waals surface area (Å²) in [6.45, 7) is 10.3. The minimum absolute atomic E-state index is 0.0702. The monoisotopic (exact) mass is 313 g/mol. The number of carbonyl (C=O) groups excluding carboxylic acids is 1. The summed E-state index contributed by atoms with van der Waals surface area (Å²) in [6.07, 6.45) is 3.23. The minimum Gasteiger partial charge on any atom is -0.311 e. The van der Waals surface area contributed by atoms with E-state index in [9.17, 15) is 4.79 Å². The molecule has 1 atom stereocenters. The zero-order valence-electron chi connectivity index (χ0n) is 14.2. The van der Waals surface area contributed by atoms with Gasteiger partial charge in [0.05, 0.1) is 6.04 Å². The summed E-state index contributed by atoms with van der Waals surface area (Å²) in [5.41, 5.74) is 2.40. The standard InChI is InChI=1S/C19H27N3O/c1-16(2)8-10-20-12-14-21(15-13-20)18-9-11-22(19(18)23)17-6-4-3-5-7-17/h3-8,18H,9-15H2,1-2H3/t18-/m1/s1. The lowest BCUT2D eigenvalue weighted by Gasteiger charge is -2.36. The van der Waals surface area contributed by atoms with Crippen molar-refractivity contribution in [3.63, 3.8) is 0 Å². The number of hydrogen-bond acceptors (Lipinski definition) is 3. The van der Waals surface area contributed by atoms with Crippen LogP contribution in [0.25, 0.3) is 0 Å². The summed E-state index contributed by atoms with van der Waals surface area (Å²) in [5, 5.41) is 0. The molecule has 0 bridgehead atoms. The molecular weight excluding hydrogens is 286 g/mol. The Bertz CT molecular complexity index is 557. The van der Waals surface area contributed by atoms with Crippen LogP contribution in [0.2, 0.25) is 0 Å². The Kier molecular flexibility index (Phi) is 5.13. The fourth-order valence-electron chi connectivity index (χ4n) is 3.44. The highest BCUT2D eigenvalue weighted by molar-refractivity contribution is 5.99. The van der Waals surface area contributed by atoms with Gasteiger partial charge in [-0.25, -0.2) is 0 Å². The number of rotatable bonds is 4. The molecule has 0 saturated carbocycles. The molecule has 4 nitrogen and oxygen atoms in total. The van der Waals surface area contributed by atoms with Gasteiger partial charge >= 0.3 is 0 Å². The van der Waals surface area contributed by atoms with Crippen LogP contribution in [-0.2, 0) is 4.79 Å². The van der Waals surface area contributed by atoms with Crippen molar-refractivity contribution in [3.8, 4) is 0 Å². The van der Waals surface area contributed by atoms with Crippen molar-refractivity contribution in [2.24, 2.45) is 0 Å². The van der Waals surface area contributed by atoms with Crippen LogP contribution >= 0.6 is 0 Å². The SMILES string of the molecule is CC(C)=CCN1CCN([C@@H]2CCN(c3ccccc3)C2=O)CC1. The second-order valence-electron chi connectivity index (χ2n) is 6.75. The molecule has 3 rings (SSSR count). The lowest BCUT2D eigenvalue weighted by molar-refractivity contribution is -0.122. The lowest BCUT2D eigenvalue weighted by Crippen LogP contribution is -2.52. The predicted molar refractivity (Wildman–Crippen MR) is 94.6 cm³/mol. The van der Waals surface area contributed by atoms with Gasteiger partial charge in [0.15, 0.2) is 0 Å². The molecule has 2 aliphatic rings. The highest BCUT2D eigenvalue weighted by Gasteiger charge is 2.37. The fraction of sp³-hybridized carbons (Fsp3) is 0.526. The molecule has 2 heterocycles. The molecule has 0 radical (unpaired) electrons. The minimum atomic E-state index is 0.0702. The molecule has 0 aliphatic carbocycles. The van der Waals surface area contributed by atoms with E-state index in [4.69, 9.17) is 0 Å². The molecular formula is C19H27N3O. The van der Waals surface area contributed by atoms with Gasteiger partial charge in [0.1, 0.15) is 0 Å². The average molecular weight is 313 g/mol. The van der Waals surface area contributed by atoms with E-state index in [0.29, 0.717) is 0 Å². The number of carbonyl (C=O) groups is 1. The van der Waals surface area contributed by atoms with Crippen molar-refractivity contribution in [3.05, 3.63) is 42.0 Å². The molecule has 2 saturated heterocycles. The Morgan fingerprint density at radius 3 is 2.43 bits per heavy atom.